The molecule has 17 heavy (non-hydrogen) atoms. The zero-order valence-electron chi connectivity index (χ0n) is 9.94. The standard InChI is InChI=1S/C13H17NO2S/c1-11-6-8-13(9-7-11)17(15,16)14-10-12-4-2-3-5-12/h4,6-9,14H,2-3,5,10H2,1H3. The van der Waals surface area contributed by atoms with Gasteiger partial charge in [-0.1, -0.05) is 29.3 Å². The van der Waals surface area contributed by atoms with Crippen LogP contribution in [0.5, 0.6) is 0 Å². The van der Waals surface area contributed by atoms with Crippen molar-refractivity contribution in [3.63, 3.8) is 0 Å². The molecule has 1 aliphatic rings. The van der Waals surface area contributed by atoms with Crippen LogP contribution >= 0.6 is 0 Å². The topological polar surface area (TPSA) is 46.2 Å². The molecule has 0 unspecified atom stereocenters. The molecule has 0 bridgehead atoms. The van der Waals surface area contributed by atoms with Gasteiger partial charge in [0.15, 0.2) is 0 Å². The smallest absolute Gasteiger partial charge is 0.207 e. The second-order valence-corrected chi connectivity index (χ2v) is 6.16. The average molecular weight is 251 g/mol. The van der Waals surface area contributed by atoms with Crippen molar-refractivity contribution in [1.82, 2.24) is 4.72 Å². The molecule has 0 aromatic heterocycles. The number of hydrogen-bond acceptors (Lipinski definition) is 2. The van der Waals surface area contributed by atoms with Crippen LogP contribution in [0.25, 0.3) is 0 Å². The number of rotatable bonds is 4. The Morgan fingerprint density at radius 2 is 1.94 bits per heavy atom. The van der Waals surface area contributed by atoms with Crippen LogP contribution < -0.4 is 4.72 Å². The zero-order valence-corrected chi connectivity index (χ0v) is 10.8. The fraction of sp³-hybridized carbons (Fsp3) is 0.385. The van der Waals surface area contributed by atoms with Crippen molar-refractivity contribution in [1.29, 1.82) is 0 Å². The summed E-state index contributed by atoms with van der Waals surface area (Å²) in [7, 11) is -3.36. The van der Waals surface area contributed by atoms with Crippen LogP contribution in [-0.4, -0.2) is 15.0 Å². The fourth-order valence-corrected chi connectivity index (χ4v) is 2.92. The van der Waals surface area contributed by atoms with Gasteiger partial charge < -0.3 is 0 Å². The van der Waals surface area contributed by atoms with E-state index in [1.54, 1.807) is 12.1 Å². The van der Waals surface area contributed by atoms with Crippen LogP contribution in [0.3, 0.4) is 0 Å². The molecule has 1 aromatic carbocycles. The van der Waals surface area contributed by atoms with Gasteiger partial charge >= 0.3 is 0 Å². The number of aryl methyl sites for hydroxylation is 1. The number of benzene rings is 1. The molecule has 0 fully saturated rings. The second-order valence-electron chi connectivity index (χ2n) is 4.39. The summed E-state index contributed by atoms with van der Waals surface area (Å²) < 4.78 is 26.6. The van der Waals surface area contributed by atoms with Gasteiger partial charge in [-0.25, -0.2) is 13.1 Å². The Balaban J connectivity index is 2.05. The Morgan fingerprint density at radius 3 is 2.53 bits per heavy atom. The van der Waals surface area contributed by atoms with Crippen molar-refractivity contribution < 1.29 is 8.42 Å². The predicted molar refractivity (Wildman–Crippen MR) is 68.3 cm³/mol. The Morgan fingerprint density at radius 1 is 1.24 bits per heavy atom. The molecule has 3 nitrogen and oxygen atoms in total. The summed E-state index contributed by atoms with van der Waals surface area (Å²) in [6.07, 6.45) is 5.34. The molecule has 0 amide bonds. The van der Waals surface area contributed by atoms with E-state index < -0.39 is 10.0 Å². The summed E-state index contributed by atoms with van der Waals surface area (Å²) in [6.45, 7) is 2.38. The molecule has 0 spiro atoms. The lowest BCUT2D eigenvalue weighted by Gasteiger charge is -2.07. The van der Waals surface area contributed by atoms with E-state index in [0.717, 1.165) is 24.8 Å². The van der Waals surface area contributed by atoms with Crippen LogP contribution in [0.1, 0.15) is 24.8 Å². The first-order chi connectivity index (χ1) is 8.08. The maximum Gasteiger partial charge on any atom is 0.240 e. The largest absolute Gasteiger partial charge is 0.240 e. The normalized spacial score (nSPS) is 15.9. The van der Waals surface area contributed by atoms with E-state index in [1.807, 2.05) is 19.1 Å². The molecule has 1 aromatic rings. The second kappa shape index (κ2) is 5.02. The minimum atomic E-state index is -3.36. The first kappa shape index (κ1) is 12.3. The Bertz CT molecular complexity index is 515. The molecule has 0 saturated carbocycles. The SMILES string of the molecule is Cc1ccc(S(=O)(=O)NCC2=CCCC2)cc1. The van der Waals surface area contributed by atoms with Gasteiger partial charge in [0.2, 0.25) is 10.0 Å². The van der Waals surface area contributed by atoms with E-state index in [0.29, 0.717) is 11.4 Å². The van der Waals surface area contributed by atoms with Crippen molar-refractivity contribution in [3.05, 3.63) is 41.5 Å². The van der Waals surface area contributed by atoms with Gasteiger partial charge in [0.05, 0.1) is 4.90 Å². The molecule has 0 saturated heterocycles. The van der Waals surface area contributed by atoms with Crippen LogP contribution in [0, 0.1) is 6.92 Å². The number of hydrogen-bond donors (Lipinski definition) is 1. The van der Waals surface area contributed by atoms with Crippen molar-refractivity contribution in [2.24, 2.45) is 0 Å². The predicted octanol–water partition coefficient (Wildman–Crippen LogP) is 2.38. The lowest BCUT2D eigenvalue weighted by Crippen LogP contribution is -2.25. The molecule has 0 radical (unpaired) electrons. The molecular formula is C13H17NO2S. The van der Waals surface area contributed by atoms with Gasteiger partial charge in [-0.3, -0.25) is 0 Å². The number of allylic oxidation sites excluding steroid dienone is 1. The van der Waals surface area contributed by atoms with E-state index >= 15 is 0 Å². The van der Waals surface area contributed by atoms with Crippen LogP contribution in [0.15, 0.2) is 40.8 Å². The molecule has 92 valence electrons. The lowest BCUT2D eigenvalue weighted by atomic mass is 10.2. The van der Waals surface area contributed by atoms with Crippen molar-refractivity contribution >= 4 is 10.0 Å². The van der Waals surface area contributed by atoms with Crippen molar-refractivity contribution in [2.45, 2.75) is 31.1 Å². The third kappa shape index (κ3) is 3.17. The molecular weight excluding hydrogens is 234 g/mol. The summed E-state index contributed by atoms with van der Waals surface area (Å²) in [4.78, 5) is 0.335. The Kier molecular flexibility index (Phi) is 3.64. The van der Waals surface area contributed by atoms with Gasteiger partial charge in [0.25, 0.3) is 0 Å². The van der Waals surface area contributed by atoms with Gasteiger partial charge in [-0.05, 0) is 38.3 Å². The highest BCUT2D eigenvalue weighted by Gasteiger charge is 2.14. The van der Waals surface area contributed by atoms with Crippen LogP contribution in [0.2, 0.25) is 0 Å². The quantitative estimate of drug-likeness (QED) is 0.835. The van der Waals surface area contributed by atoms with Gasteiger partial charge in [-0.2, -0.15) is 0 Å². The van der Waals surface area contributed by atoms with Gasteiger partial charge in [0, 0.05) is 6.54 Å². The first-order valence-electron chi connectivity index (χ1n) is 5.82. The monoisotopic (exact) mass is 251 g/mol. The summed E-state index contributed by atoms with van der Waals surface area (Å²) in [5, 5.41) is 0. The Labute approximate surface area is 103 Å². The molecule has 0 heterocycles. The third-order valence-electron chi connectivity index (χ3n) is 2.96. The highest BCUT2D eigenvalue weighted by atomic mass is 32.2. The minimum Gasteiger partial charge on any atom is -0.207 e. The van der Waals surface area contributed by atoms with Crippen LogP contribution in [0.4, 0.5) is 0 Å². The third-order valence-corrected chi connectivity index (χ3v) is 4.37. The summed E-state index contributed by atoms with van der Waals surface area (Å²) in [5.41, 5.74) is 2.25. The Hall–Kier alpha value is -1.13. The molecule has 0 aliphatic heterocycles. The number of sulfonamides is 1. The maximum absolute atomic E-state index is 12.0. The molecule has 4 heteroatoms. The van der Waals surface area contributed by atoms with Gasteiger partial charge in [0.1, 0.15) is 0 Å². The van der Waals surface area contributed by atoms with Crippen molar-refractivity contribution in [3.8, 4) is 0 Å². The molecule has 1 N–H and O–H groups in total. The van der Waals surface area contributed by atoms with E-state index in [9.17, 15) is 8.42 Å². The highest BCUT2D eigenvalue weighted by Crippen LogP contribution is 2.17. The van der Waals surface area contributed by atoms with Crippen molar-refractivity contribution in [2.75, 3.05) is 6.54 Å². The van der Waals surface area contributed by atoms with E-state index in [4.69, 9.17) is 0 Å². The lowest BCUT2D eigenvalue weighted by molar-refractivity contribution is 0.584. The van der Waals surface area contributed by atoms with Gasteiger partial charge in [-0.15, -0.1) is 0 Å². The maximum atomic E-state index is 12.0. The van der Waals surface area contributed by atoms with E-state index in [-0.39, 0.29) is 0 Å². The first-order valence-corrected chi connectivity index (χ1v) is 7.30. The van der Waals surface area contributed by atoms with E-state index in [1.165, 1.54) is 5.57 Å². The van der Waals surface area contributed by atoms with Crippen LogP contribution in [-0.2, 0) is 10.0 Å². The fourth-order valence-electron chi connectivity index (χ4n) is 1.89. The summed E-state index contributed by atoms with van der Waals surface area (Å²) >= 11 is 0. The molecule has 0 atom stereocenters. The zero-order chi connectivity index (χ0) is 12.3. The minimum absolute atomic E-state index is 0.335. The average Bonchev–Trinajstić information content (AvgIpc) is 2.80. The van der Waals surface area contributed by atoms with E-state index in [2.05, 4.69) is 10.8 Å². The summed E-state index contributed by atoms with van der Waals surface area (Å²) in [6, 6.07) is 6.90. The summed E-state index contributed by atoms with van der Waals surface area (Å²) in [5.74, 6) is 0. The molecule has 2 rings (SSSR count). The highest BCUT2D eigenvalue weighted by molar-refractivity contribution is 7.89. The number of nitrogens with one attached hydrogen (secondary N) is 1. The molecule has 1 aliphatic carbocycles.